The number of benzene rings is 1. The van der Waals surface area contributed by atoms with Gasteiger partial charge in [-0.1, -0.05) is 45.0 Å². The van der Waals surface area contributed by atoms with Crippen LogP contribution in [-0.4, -0.2) is 6.54 Å². The van der Waals surface area contributed by atoms with Crippen molar-refractivity contribution in [1.29, 1.82) is 0 Å². The molecule has 1 N–H and O–H groups in total. The second-order valence-corrected chi connectivity index (χ2v) is 7.34. The summed E-state index contributed by atoms with van der Waals surface area (Å²) >= 11 is 0. The molecular formula is C18H27N. The van der Waals surface area contributed by atoms with Crippen LogP contribution in [0.5, 0.6) is 0 Å². The maximum absolute atomic E-state index is 3.89. The topological polar surface area (TPSA) is 12.0 Å². The molecule has 0 amide bonds. The van der Waals surface area contributed by atoms with Gasteiger partial charge in [-0.05, 0) is 60.6 Å². The number of nitrogens with one attached hydrogen (secondary N) is 1. The molecule has 19 heavy (non-hydrogen) atoms. The van der Waals surface area contributed by atoms with Gasteiger partial charge in [-0.2, -0.15) is 0 Å². The Labute approximate surface area is 117 Å². The second kappa shape index (κ2) is 4.94. The lowest BCUT2D eigenvalue weighted by Gasteiger charge is -2.41. The molecule has 3 rings (SSSR count). The largest absolute Gasteiger partial charge is 0.309 e. The summed E-state index contributed by atoms with van der Waals surface area (Å²) in [4.78, 5) is 0. The minimum absolute atomic E-state index is 0.373. The molecule has 1 heteroatoms. The molecule has 0 aliphatic heterocycles. The summed E-state index contributed by atoms with van der Waals surface area (Å²) in [6.45, 7) is 8.42. The molecule has 0 heterocycles. The van der Waals surface area contributed by atoms with E-state index in [4.69, 9.17) is 0 Å². The van der Waals surface area contributed by atoms with E-state index in [2.05, 4.69) is 50.4 Å². The third-order valence-corrected chi connectivity index (χ3v) is 5.26. The van der Waals surface area contributed by atoms with Crippen molar-refractivity contribution in [1.82, 2.24) is 5.32 Å². The van der Waals surface area contributed by atoms with E-state index in [9.17, 15) is 0 Å². The minimum atomic E-state index is 0.373. The Morgan fingerprint density at radius 3 is 2.74 bits per heavy atom. The number of fused-ring (bicyclic) bond motifs is 1. The quantitative estimate of drug-likeness (QED) is 0.846. The van der Waals surface area contributed by atoms with E-state index < -0.39 is 0 Å². The normalized spacial score (nSPS) is 26.8. The smallest absolute Gasteiger partial charge is 0.0374 e. The van der Waals surface area contributed by atoms with E-state index >= 15 is 0 Å². The Kier molecular flexibility index (Phi) is 3.42. The van der Waals surface area contributed by atoms with Crippen molar-refractivity contribution >= 4 is 0 Å². The molecule has 2 atom stereocenters. The summed E-state index contributed by atoms with van der Waals surface area (Å²) in [7, 11) is 0. The van der Waals surface area contributed by atoms with Crippen LogP contribution in [0, 0.1) is 17.3 Å². The Balaban J connectivity index is 1.76. The van der Waals surface area contributed by atoms with Crippen LogP contribution in [0.2, 0.25) is 0 Å². The molecule has 1 saturated carbocycles. The molecule has 1 nitrogen and oxygen atoms in total. The van der Waals surface area contributed by atoms with Crippen LogP contribution in [-0.2, 0) is 6.42 Å². The van der Waals surface area contributed by atoms with E-state index in [-0.39, 0.29) is 0 Å². The zero-order valence-electron chi connectivity index (χ0n) is 12.6. The fraction of sp³-hybridized carbons (Fsp3) is 0.667. The van der Waals surface area contributed by atoms with Crippen LogP contribution >= 0.6 is 0 Å². The van der Waals surface area contributed by atoms with Gasteiger partial charge < -0.3 is 5.32 Å². The van der Waals surface area contributed by atoms with Crippen LogP contribution in [0.15, 0.2) is 24.3 Å². The first-order chi connectivity index (χ1) is 9.08. The van der Waals surface area contributed by atoms with Gasteiger partial charge in [0.1, 0.15) is 0 Å². The van der Waals surface area contributed by atoms with Crippen LogP contribution in [0.25, 0.3) is 0 Å². The summed E-state index contributed by atoms with van der Waals surface area (Å²) in [5.74, 6) is 1.83. The fourth-order valence-corrected chi connectivity index (χ4v) is 3.59. The van der Waals surface area contributed by atoms with E-state index in [0.717, 1.165) is 11.8 Å². The summed E-state index contributed by atoms with van der Waals surface area (Å²) < 4.78 is 0. The molecule has 2 aliphatic carbocycles. The van der Waals surface area contributed by atoms with Gasteiger partial charge in [0.05, 0.1) is 0 Å². The van der Waals surface area contributed by atoms with Crippen molar-refractivity contribution < 1.29 is 0 Å². The second-order valence-electron chi connectivity index (χ2n) is 7.34. The van der Waals surface area contributed by atoms with Gasteiger partial charge >= 0.3 is 0 Å². The highest BCUT2D eigenvalue weighted by Gasteiger charge is 2.36. The predicted octanol–water partition coefficient (Wildman–Crippen LogP) is 4.34. The lowest BCUT2D eigenvalue weighted by molar-refractivity contribution is 0.201. The van der Waals surface area contributed by atoms with E-state index in [1.165, 1.54) is 32.2 Å². The molecule has 0 spiro atoms. The SMILES string of the molecule is CC(CNC1c2ccccc2CCC1(C)C)C1CC1. The zero-order valence-corrected chi connectivity index (χ0v) is 12.6. The number of hydrogen-bond acceptors (Lipinski definition) is 1. The van der Waals surface area contributed by atoms with Crippen LogP contribution in [0.4, 0.5) is 0 Å². The summed E-state index contributed by atoms with van der Waals surface area (Å²) in [6, 6.07) is 9.54. The van der Waals surface area contributed by atoms with Gasteiger partial charge in [0.15, 0.2) is 0 Å². The van der Waals surface area contributed by atoms with Gasteiger partial charge in [0.2, 0.25) is 0 Å². The average molecular weight is 257 g/mol. The first kappa shape index (κ1) is 13.2. The molecule has 2 unspecified atom stereocenters. The molecule has 0 radical (unpaired) electrons. The third-order valence-electron chi connectivity index (χ3n) is 5.26. The maximum Gasteiger partial charge on any atom is 0.0374 e. The van der Waals surface area contributed by atoms with Crippen LogP contribution in [0.3, 0.4) is 0 Å². The van der Waals surface area contributed by atoms with E-state index in [0.29, 0.717) is 11.5 Å². The summed E-state index contributed by atoms with van der Waals surface area (Å²) in [6.07, 6.45) is 5.43. The Morgan fingerprint density at radius 1 is 1.26 bits per heavy atom. The van der Waals surface area contributed by atoms with Crippen LogP contribution < -0.4 is 5.32 Å². The van der Waals surface area contributed by atoms with E-state index in [1.807, 2.05) is 0 Å². The van der Waals surface area contributed by atoms with Gasteiger partial charge in [0, 0.05) is 6.04 Å². The first-order valence-electron chi connectivity index (χ1n) is 7.89. The van der Waals surface area contributed by atoms with Crippen molar-refractivity contribution in [3.05, 3.63) is 35.4 Å². The van der Waals surface area contributed by atoms with Gasteiger partial charge in [-0.25, -0.2) is 0 Å². The molecule has 1 aromatic carbocycles. The average Bonchev–Trinajstić information content (AvgIpc) is 3.21. The van der Waals surface area contributed by atoms with Crippen molar-refractivity contribution in [2.24, 2.45) is 17.3 Å². The maximum atomic E-state index is 3.89. The summed E-state index contributed by atoms with van der Waals surface area (Å²) in [5, 5.41) is 3.89. The Bertz CT molecular complexity index is 445. The molecule has 1 fully saturated rings. The molecule has 0 saturated heterocycles. The molecular weight excluding hydrogens is 230 g/mol. The van der Waals surface area contributed by atoms with Gasteiger partial charge in [-0.15, -0.1) is 0 Å². The highest BCUT2D eigenvalue weighted by atomic mass is 14.9. The molecule has 0 aromatic heterocycles. The summed E-state index contributed by atoms with van der Waals surface area (Å²) in [5.41, 5.74) is 3.47. The van der Waals surface area contributed by atoms with Gasteiger partial charge in [0.25, 0.3) is 0 Å². The first-order valence-corrected chi connectivity index (χ1v) is 7.89. The lowest BCUT2D eigenvalue weighted by atomic mass is 9.70. The zero-order chi connectivity index (χ0) is 13.5. The van der Waals surface area contributed by atoms with Crippen molar-refractivity contribution in [3.63, 3.8) is 0 Å². The number of hydrogen-bond donors (Lipinski definition) is 1. The number of rotatable bonds is 4. The number of aryl methyl sites for hydroxylation is 1. The third kappa shape index (κ3) is 2.72. The van der Waals surface area contributed by atoms with Crippen molar-refractivity contribution in [3.8, 4) is 0 Å². The highest BCUT2D eigenvalue weighted by Crippen LogP contribution is 2.44. The highest BCUT2D eigenvalue weighted by molar-refractivity contribution is 5.34. The van der Waals surface area contributed by atoms with Gasteiger partial charge in [-0.3, -0.25) is 0 Å². The molecule has 2 aliphatic rings. The predicted molar refractivity (Wildman–Crippen MR) is 81.2 cm³/mol. The molecule has 1 aromatic rings. The lowest BCUT2D eigenvalue weighted by Crippen LogP contribution is -2.40. The standard InChI is InChI=1S/C18H27N/c1-13(14-8-9-14)12-19-17-16-7-5-4-6-15(16)10-11-18(17,2)3/h4-7,13-14,17,19H,8-12H2,1-3H3. The molecule has 104 valence electrons. The molecule has 0 bridgehead atoms. The van der Waals surface area contributed by atoms with E-state index in [1.54, 1.807) is 11.1 Å². The van der Waals surface area contributed by atoms with Crippen molar-refractivity contribution in [2.45, 2.75) is 52.5 Å². The minimum Gasteiger partial charge on any atom is -0.309 e. The van der Waals surface area contributed by atoms with Crippen LogP contribution in [0.1, 0.15) is 57.2 Å². The Hall–Kier alpha value is -0.820. The Morgan fingerprint density at radius 2 is 2.00 bits per heavy atom. The monoisotopic (exact) mass is 257 g/mol. The fourth-order valence-electron chi connectivity index (χ4n) is 3.59. The van der Waals surface area contributed by atoms with Crippen molar-refractivity contribution in [2.75, 3.05) is 6.54 Å².